The van der Waals surface area contributed by atoms with Crippen LogP contribution in [0.2, 0.25) is 5.02 Å². The monoisotopic (exact) mass is 667 g/mol. The summed E-state index contributed by atoms with van der Waals surface area (Å²) < 4.78 is 86.7. The Hall–Kier alpha value is -3.64. The van der Waals surface area contributed by atoms with Crippen LogP contribution in [0.3, 0.4) is 0 Å². The number of benzene rings is 3. The van der Waals surface area contributed by atoms with Crippen molar-refractivity contribution in [2.24, 2.45) is 11.8 Å². The first kappa shape index (κ1) is 32.7. The fourth-order valence-corrected chi connectivity index (χ4v) is 8.55. The lowest BCUT2D eigenvalue weighted by atomic mass is 9.81. The molecule has 0 unspecified atom stereocenters. The second kappa shape index (κ2) is 12.6. The number of hydrogen-bond donors (Lipinski definition) is 1. The molecule has 2 aliphatic rings. The van der Waals surface area contributed by atoms with Gasteiger partial charge in [-0.05, 0) is 86.2 Å². The van der Waals surface area contributed by atoms with Crippen LogP contribution in [-0.4, -0.2) is 43.4 Å². The number of nitrogens with zero attached hydrogens (tertiary/aromatic N) is 1. The molecule has 0 aromatic heterocycles. The number of carbonyl (C=O) groups excluding carboxylic acids is 1. The van der Waals surface area contributed by atoms with Crippen molar-refractivity contribution in [3.63, 3.8) is 0 Å². The Morgan fingerprint density at radius 3 is 2.18 bits per heavy atom. The van der Waals surface area contributed by atoms with Crippen LogP contribution in [0.5, 0.6) is 5.75 Å². The van der Waals surface area contributed by atoms with Crippen LogP contribution < -0.4 is 4.74 Å². The third-order valence-corrected chi connectivity index (χ3v) is 11.6. The normalized spacial score (nSPS) is 22.3. The molecule has 45 heavy (non-hydrogen) atoms. The van der Waals surface area contributed by atoms with Crippen LogP contribution in [0.15, 0.2) is 71.6 Å². The van der Waals surface area contributed by atoms with E-state index in [1.165, 1.54) is 53.4 Å². The van der Waals surface area contributed by atoms with Gasteiger partial charge in [-0.3, -0.25) is 9.59 Å². The fourth-order valence-electron chi connectivity index (χ4n) is 6.25. The SMILES string of the molecule is O=C(O)[C@H]1CC[C@H](C(=O)N2CC[C@](c3ccc(OCc4c(Cl)cccc4C(F)(F)F)cc3)(S(=O)(=O)c3ccc(F)cc3)C2)CC1. The van der Waals surface area contributed by atoms with Crippen LogP contribution >= 0.6 is 11.6 Å². The molecule has 5 rings (SSSR count). The zero-order chi connectivity index (χ0) is 32.6. The first-order valence-corrected chi connectivity index (χ1v) is 16.2. The molecule has 2 fully saturated rings. The summed E-state index contributed by atoms with van der Waals surface area (Å²) in [6.07, 6.45) is -3.11. The Bertz CT molecular complexity index is 1670. The minimum Gasteiger partial charge on any atom is -0.489 e. The van der Waals surface area contributed by atoms with E-state index >= 15 is 0 Å². The molecular weight excluding hydrogens is 638 g/mol. The number of carbonyl (C=O) groups is 2. The molecule has 240 valence electrons. The number of likely N-dealkylation sites (tertiary alicyclic amines) is 1. The van der Waals surface area contributed by atoms with E-state index in [1.807, 2.05) is 0 Å². The standard InChI is InChI=1S/C32H30ClF4NO6S/c33-28-3-1-2-27(32(35,36)37)26(28)18-44-24-12-8-22(9-13-24)31(45(42,43)25-14-10-23(34)11-15-25)16-17-38(19-31)29(39)20-4-6-21(7-5-20)30(40)41/h1-3,8-15,20-21H,4-7,16-19H2,(H,40,41)/t20-,21-,31-/m0/s1. The number of sulfone groups is 1. The third-order valence-electron chi connectivity index (χ3n) is 8.80. The molecule has 1 saturated carbocycles. The van der Waals surface area contributed by atoms with E-state index in [4.69, 9.17) is 16.3 Å². The van der Waals surface area contributed by atoms with Crippen molar-refractivity contribution in [2.75, 3.05) is 13.1 Å². The average molecular weight is 668 g/mol. The summed E-state index contributed by atoms with van der Waals surface area (Å²) in [6.45, 7) is -0.540. The van der Waals surface area contributed by atoms with Crippen molar-refractivity contribution in [1.29, 1.82) is 0 Å². The van der Waals surface area contributed by atoms with Gasteiger partial charge in [-0.2, -0.15) is 13.2 Å². The van der Waals surface area contributed by atoms with E-state index in [1.54, 1.807) is 0 Å². The van der Waals surface area contributed by atoms with Gasteiger partial charge in [-0.1, -0.05) is 29.8 Å². The minimum absolute atomic E-state index is 0.0394. The first-order chi connectivity index (χ1) is 21.2. The quantitative estimate of drug-likeness (QED) is 0.208. The summed E-state index contributed by atoms with van der Waals surface area (Å²) in [5.74, 6) is -2.52. The van der Waals surface area contributed by atoms with Crippen molar-refractivity contribution in [1.82, 2.24) is 4.90 Å². The summed E-state index contributed by atoms with van der Waals surface area (Å²) in [6, 6.07) is 13.7. The molecule has 1 aliphatic carbocycles. The molecule has 7 nitrogen and oxygen atoms in total. The molecule has 13 heteroatoms. The fraction of sp³-hybridized carbons (Fsp3) is 0.375. The van der Waals surface area contributed by atoms with Gasteiger partial charge in [0.1, 0.15) is 22.9 Å². The van der Waals surface area contributed by atoms with Crippen LogP contribution in [0.4, 0.5) is 17.6 Å². The lowest BCUT2D eigenvalue weighted by molar-refractivity contribution is -0.145. The van der Waals surface area contributed by atoms with E-state index < -0.39 is 56.6 Å². The number of ether oxygens (including phenoxy) is 1. The summed E-state index contributed by atoms with van der Waals surface area (Å²) in [4.78, 5) is 26.3. The van der Waals surface area contributed by atoms with Crippen molar-refractivity contribution in [3.8, 4) is 5.75 Å². The molecule has 1 heterocycles. The number of halogens is 5. The highest BCUT2D eigenvalue weighted by atomic mass is 35.5. The number of aliphatic carboxylic acids is 1. The third kappa shape index (κ3) is 6.53. The molecule has 3 aromatic rings. The molecule has 0 bridgehead atoms. The van der Waals surface area contributed by atoms with Gasteiger partial charge in [0, 0.05) is 29.6 Å². The molecular formula is C32H30ClF4NO6S. The van der Waals surface area contributed by atoms with Crippen molar-refractivity contribution in [2.45, 2.75) is 54.5 Å². The van der Waals surface area contributed by atoms with Gasteiger partial charge in [-0.15, -0.1) is 0 Å². The molecule has 1 saturated heterocycles. The van der Waals surface area contributed by atoms with Crippen LogP contribution in [-0.2, 0) is 37.0 Å². The molecule has 1 atom stereocenters. The molecule has 0 spiro atoms. The van der Waals surface area contributed by atoms with E-state index in [-0.39, 0.29) is 46.6 Å². The number of carboxylic acids is 1. The van der Waals surface area contributed by atoms with Crippen LogP contribution in [0, 0.1) is 17.7 Å². The van der Waals surface area contributed by atoms with Gasteiger partial charge in [0.25, 0.3) is 0 Å². The Labute approximate surface area is 262 Å². The number of hydrogen-bond acceptors (Lipinski definition) is 5. The summed E-state index contributed by atoms with van der Waals surface area (Å²) >= 11 is 6.04. The van der Waals surface area contributed by atoms with Crippen LogP contribution in [0.1, 0.15) is 48.8 Å². The van der Waals surface area contributed by atoms with Gasteiger partial charge < -0.3 is 14.7 Å². The highest BCUT2D eigenvalue weighted by Gasteiger charge is 2.52. The van der Waals surface area contributed by atoms with Crippen molar-refractivity contribution in [3.05, 3.63) is 94.3 Å². The zero-order valence-electron chi connectivity index (χ0n) is 23.9. The minimum atomic E-state index is -4.64. The maximum absolute atomic E-state index is 14.2. The predicted octanol–water partition coefficient (Wildman–Crippen LogP) is 6.87. The number of alkyl halides is 3. The maximum atomic E-state index is 14.2. The Kier molecular flexibility index (Phi) is 9.19. The second-order valence-corrected chi connectivity index (χ2v) is 14.1. The Balaban J connectivity index is 1.42. The first-order valence-electron chi connectivity index (χ1n) is 14.3. The summed E-state index contributed by atoms with van der Waals surface area (Å²) in [5, 5.41) is 9.19. The largest absolute Gasteiger partial charge is 0.489 e. The van der Waals surface area contributed by atoms with Gasteiger partial charge in [-0.25, -0.2) is 12.8 Å². The number of rotatable bonds is 8. The predicted molar refractivity (Wildman–Crippen MR) is 157 cm³/mol. The summed E-state index contributed by atoms with van der Waals surface area (Å²) in [5.41, 5.74) is -0.839. The lowest BCUT2D eigenvalue weighted by Crippen LogP contribution is -2.42. The Morgan fingerprint density at radius 2 is 1.58 bits per heavy atom. The van der Waals surface area contributed by atoms with Crippen molar-refractivity contribution >= 4 is 33.3 Å². The van der Waals surface area contributed by atoms with Gasteiger partial charge >= 0.3 is 12.1 Å². The average Bonchev–Trinajstić information content (AvgIpc) is 3.47. The van der Waals surface area contributed by atoms with E-state index in [0.717, 1.165) is 18.2 Å². The molecule has 1 amide bonds. The number of amides is 1. The molecule has 3 aromatic carbocycles. The Morgan fingerprint density at radius 1 is 0.956 bits per heavy atom. The smallest absolute Gasteiger partial charge is 0.416 e. The summed E-state index contributed by atoms with van der Waals surface area (Å²) in [7, 11) is -4.20. The zero-order valence-corrected chi connectivity index (χ0v) is 25.5. The van der Waals surface area contributed by atoms with Crippen LogP contribution in [0.25, 0.3) is 0 Å². The van der Waals surface area contributed by atoms with Gasteiger partial charge in [0.15, 0.2) is 9.84 Å². The molecule has 1 N–H and O–H groups in total. The van der Waals surface area contributed by atoms with Crippen molar-refractivity contribution < 1.29 is 45.4 Å². The highest BCUT2D eigenvalue weighted by Crippen LogP contribution is 2.45. The topological polar surface area (TPSA) is 101 Å². The second-order valence-electron chi connectivity index (χ2n) is 11.4. The van der Waals surface area contributed by atoms with Gasteiger partial charge in [0.2, 0.25) is 5.91 Å². The molecule has 1 aliphatic heterocycles. The van der Waals surface area contributed by atoms with Gasteiger partial charge in [0.05, 0.1) is 16.4 Å². The van der Waals surface area contributed by atoms with E-state index in [0.29, 0.717) is 31.2 Å². The lowest BCUT2D eigenvalue weighted by Gasteiger charge is -2.32. The number of carboxylic acid groups (broad SMARTS) is 1. The molecule has 0 radical (unpaired) electrons. The van der Waals surface area contributed by atoms with E-state index in [9.17, 15) is 40.7 Å². The maximum Gasteiger partial charge on any atom is 0.416 e. The highest BCUT2D eigenvalue weighted by molar-refractivity contribution is 7.92. The van der Waals surface area contributed by atoms with E-state index in [2.05, 4.69) is 0 Å².